The maximum absolute atomic E-state index is 2.18. The molecule has 0 unspecified atom stereocenters. The lowest BCUT2D eigenvalue weighted by atomic mass is 10.0. The van der Waals surface area contributed by atoms with Gasteiger partial charge in [0.05, 0.1) is 0 Å². The summed E-state index contributed by atoms with van der Waals surface area (Å²) in [7, 11) is 0. The molecular weight excluding hydrogens is 224 g/mol. The van der Waals surface area contributed by atoms with Gasteiger partial charge in [-0.05, 0) is 21.9 Å². The van der Waals surface area contributed by atoms with Gasteiger partial charge in [0.2, 0.25) is 0 Å². The van der Waals surface area contributed by atoms with E-state index in [0.717, 1.165) is 0 Å². The molecule has 64 valence electrons. The summed E-state index contributed by atoms with van der Waals surface area (Å²) in [4.78, 5) is 0. The van der Waals surface area contributed by atoms with Crippen LogP contribution in [0.4, 0.5) is 0 Å². The third-order valence-corrected chi connectivity index (χ3v) is 2.41. The SMILES string of the molecule is Br.C1=Cc2cccc3cccc1c23. The molecule has 0 saturated carbocycles. The van der Waals surface area contributed by atoms with Crippen LogP contribution in [0.1, 0.15) is 11.1 Å². The van der Waals surface area contributed by atoms with E-state index >= 15 is 0 Å². The van der Waals surface area contributed by atoms with Crippen LogP contribution < -0.4 is 0 Å². The molecule has 2 aromatic rings. The summed E-state index contributed by atoms with van der Waals surface area (Å²) in [5, 5.41) is 2.75. The second-order valence-electron chi connectivity index (χ2n) is 3.13. The zero-order valence-corrected chi connectivity index (χ0v) is 8.74. The minimum atomic E-state index is 0. The second-order valence-corrected chi connectivity index (χ2v) is 3.13. The Labute approximate surface area is 87.7 Å². The minimum Gasteiger partial charge on any atom is -0.114 e. The maximum atomic E-state index is 2.18. The van der Waals surface area contributed by atoms with Gasteiger partial charge in [0, 0.05) is 0 Å². The number of hydrogen-bond donors (Lipinski definition) is 0. The molecule has 0 nitrogen and oxygen atoms in total. The molecule has 0 saturated heterocycles. The van der Waals surface area contributed by atoms with E-state index in [-0.39, 0.29) is 17.0 Å². The summed E-state index contributed by atoms with van der Waals surface area (Å²) >= 11 is 0. The Kier molecular flexibility index (Phi) is 1.97. The quantitative estimate of drug-likeness (QED) is 0.552. The number of hydrogen-bond acceptors (Lipinski definition) is 0. The molecule has 0 N–H and O–H groups in total. The molecule has 0 spiro atoms. The molecule has 2 aromatic carbocycles. The molecule has 0 aliphatic heterocycles. The van der Waals surface area contributed by atoms with E-state index in [0.29, 0.717) is 0 Å². The van der Waals surface area contributed by atoms with E-state index in [9.17, 15) is 0 Å². The third-order valence-electron chi connectivity index (χ3n) is 2.41. The van der Waals surface area contributed by atoms with Crippen LogP contribution in [-0.2, 0) is 0 Å². The van der Waals surface area contributed by atoms with Crippen molar-refractivity contribution in [1.29, 1.82) is 0 Å². The van der Waals surface area contributed by atoms with E-state index in [1.165, 1.54) is 21.9 Å². The Morgan fingerprint density at radius 3 is 1.77 bits per heavy atom. The third kappa shape index (κ3) is 1.11. The van der Waals surface area contributed by atoms with Gasteiger partial charge in [0.25, 0.3) is 0 Å². The van der Waals surface area contributed by atoms with Crippen LogP contribution >= 0.6 is 17.0 Å². The number of halogens is 1. The molecule has 3 rings (SSSR count). The molecule has 0 radical (unpaired) electrons. The fourth-order valence-electron chi connectivity index (χ4n) is 1.86. The van der Waals surface area contributed by atoms with Gasteiger partial charge in [-0.3, -0.25) is 0 Å². The molecule has 13 heavy (non-hydrogen) atoms. The average Bonchev–Trinajstić information content (AvgIpc) is 2.52. The summed E-state index contributed by atoms with van der Waals surface area (Å²) in [5.41, 5.74) is 2.70. The van der Waals surface area contributed by atoms with Gasteiger partial charge in [0.1, 0.15) is 0 Å². The van der Waals surface area contributed by atoms with Gasteiger partial charge in [-0.1, -0.05) is 48.6 Å². The molecule has 1 heteroatoms. The fourth-order valence-corrected chi connectivity index (χ4v) is 1.86. The van der Waals surface area contributed by atoms with Crippen molar-refractivity contribution in [3.05, 3.63) is 47.5 Å². The normalized spacial score (nSPS) is 11.7. The van der Waals surface area contributed by atoms with Gasteiger partial charge in [0.15, 0.2) is 0 Å². The van der Waals surface area contributed by atoms with Crippen LogP contribution in [0.2, 0.25) is 0 Å². The number of benzene rings is 2. The highest BCUT2D eigenvalue weighted by Crippen LogP contribution is 2.30. The first-order valence-electron chi connectivity index (χ1n) is 4.15. The van der Waals surface area contributed by atoms with Crippen molar-refractivity contribution >= 4 is 39.9 Å². The van der Waals surface area contributed by atoms with Crippen LogP contribution in [0.3, 0.4) is 0 Å². The van der Waals surface area contributed by atoms with Crippen LogP contribution in [-0.4, -0.2) is 0 Å². The molecular formula is C12H9Br. The van der Waals surface area contributed by atoms with Crippen molar-refractivity contribution in [1.82, 2.24) is 0 Å². The Hall–Kier alpha value is -1.08. The monoisotopic (exact) mass is 232 g/mol. The highest BCUT2D eigenvalue weighted by molar-refractivity contribution is 8.93. The van der Waals surface area contributed by atoms with Gasteiger partial charge in [-0.25, -0.2) is 0 Å². The Morgan fingerprint density at radius 1 is 0.692 bits per heavy atom. The summed E-state index contributed by atoms with van der Waals surface area (Å²) in [5.74, 6) is 0. The van der Waals surface area contributed by atoms with E-state index < -0.39 is 0 Å². The Balaban J connectivity index is 0.000000653. The van der Waals surface area contributed by atoms with Crippen LogP contribution in [0, 0.1) is 0 Å². The predicted octanol–water partition coefficient (Wildman–Crippen LogP) is 3.90. The second kappa shape index (κ2) is 3.00. The van der Waals surface area contributed by atoms with Crippen molar-refractivity contribution in [2.24, 2.45) is 0 Å². The lowest BCUT2D eigenvalue weighted by Gasteiger charge is -1.99. The summed E-state index contributed by atoms with van der Waals surface area (Å²) in [6, 6.07) is 12.9. The van der Waals surface area contributed by atoms with Crippen molar-refractivity contribution < 1.29 is 0 Å². The maximum Gasteiger partial charge on any atom is -0.00389 e. The van der Waals surface area contributed by atoms with E-state index in [1.54, 1.807) is 0 Å². The average molecular weight is 233 g/mol. The Bertz CT molecular complexity index is 443. The number of rotatable bonds is 0. The first-order valence-corrected chi connectivity index (χ1v) is 4.15. The van der Waals surface area contributed by atoms with E-state index in [4.69, 9.17) is 0 Å². The lowest BCUT2D eigenvalue weighted by Crippen LogP contribution is -1.76. The van der Waals surface area contributed by atoms with Crippen molar-refractivity contribution in [3.8, 4) is 0 Å². The predicted molar refractivity (Wildman–Crippen MR) is 63.2 cm³/mol. The zero-order chi connectivity index (χ0) is 7.97. The molecule has 0 amide bonds. The van der Waals surface area contributed by atoms with Gasteiger partial charge >= 0.3 is 0 Å². The first-order chi connectivity index (χ1) is 5.95. The van der Waals surface area contributed by atoms with Crippen molar-refractivity contribution in [3.63, 3.8) is 0 Å². The Morgan fingerprint density at radius 2 is 1.23 bits per heavy atom. The summed E-state index contributed by atoms with van der Waals surface area (Å²) in [6.07, 6.45) is 4.36. The van der Waals surface area contributed by atoms with Crippen LogP contribution in [0.15, 0.2) is 36.4 Å². The molecule has 0 atom stereocenters. The summed E-state index contributed by atoms with van der Waals surface area (Å²) in [6.45, 7) is 0. The van der Waals surface area contributed by atoms with E-state index in [1.807, 2.05) is 0 Å². The van der Waals surface area contributed by atoms with Gasteiger partial charge < -0.3 is 0 Å². The van der Waals surface area contributed by atoms with Crippen molar-refractivity contribution in [2.75, 3.05) is 0 Å². The highest BCUT2D eigenvalue weighted by Gasteiger charge is 2.06. The minimum absolute atomic E-state index is 0. The molecule has 0 aromatic heterocycles. The largest absolute Gasteiger partial charge is 0.114 e. The smallest absolute Gasteiger partial charge is 0.00389 e. The van der Waals surface area contributed by atoms with Crippen molar-refractivity contribution in [2.45, 2.75) is 0 Å². The summed E-state index contributed by atoms with van der Waals surface area (Å²) < 4.78 is 0. The van der Waals surface area contributed by atoms with Crippen LogP contribution in [0.5, 0.6) is 0 Å². The van der Waals surface area contributed by atoms with Crippen LogP contribution in [0.25, 0.3) is 22.9 Å². The molecule has 0 fully saturated rings. The fraction of sp³-hybridized carbons (Fsp3) is 0. The zero-order valence-electron chi connectivity index (χ0n) is 7.03. The standard InChI is InChI=1S/C12H8.BrH/c1-3-9-4-2-6-11-8-7-10(5-1)12(9)11;/h1-8H;1H. The van der Waals surface area contributed by atoms with Gasteiger partial charge in [-0.2, -0.15) is 0 Å². The van der Waals surface area contributed by atoms with Gasteiger partial charge in [-0.15, -0.1) is 17.0 Å². The molecule has 0 heterocycles. The molecule has 1 aliphatic carbocycles. The molecule has 1 aliphatic rings. The molecule has 0 bridgehead atoms. The highest BCUT2D eigenvalue weighted by atomic mass is 79.9. The van der Waals surface area contributed by atoms with E-state index in [2.05, 4.69) is 48.6 Å². The lowest BCUT2D eigenvalue weighted by molar-refractivity contribution is 1.72. The first kappa shape index (κ1) is 8.52. The topological polar surface area (TPSA) is 0 Å².